The number of carbonyl (C=O) groups is 1. The molecule has 2 aliphatic rings. The Kier molecular flexibility index (Phi) is 5.91. The van der Waals surface area contributed by atoms with E-state index in [0.717, 1.165) is 32.2 Å². The van der Waals surface area contributed by atoms with E-state index in [1.54, 1.807) is 0 Å². The van der Waals surface area contributed by atoms with Gasteiger partial charge in [0.05, 0.1) is 0 Å². The third-order valence-corrected chi connectivity index (χ3v) is 5.75. The van der Waals surface area contributed by atoms with Crippen molar-refractivity contribution in [3.8, 4) is 0 Å². The molecule has 2 amide bonds. The Morgan fingerprint density at radius 1 is 1.29 bits per heavy atom. The van der Waals surface area contributed by atoms with Gasteiger partial charge in [-0.25, -0.2) is 4.79 Å². The molecule has 0 unspecified atom stereocenters. The van der Waals surface area contributed by atoms with E-state index in [-0.39, 0.29) is 6.03 Å². The lowest BCUT2D eigenvalue weighted by atomic mass is 9.66. The van der Waals surface area contributed by atoms with Crippen LogP contribution in [-0.2, 0) is 0 Å². The first-order valence-corrected chi connectivity index (χ1v) is 8.72. The minimum atomic E-state index is 0.0878. The number of hydrogen-bond donors (Lipinski definition) is 2. The Balaban J connectivity index is 1.75. The maximum atomic E-state index is 12.3. The van der Waals surface area contributed by atoms with Gasteiger partial charge in [-0.15, -0.1) is 0 Å². The van der Waals surface area contributed by atoms with Gasteiger partial charge in [0.2, 0.25) is 0 Å². The van der Waals surface area contributed by atoms with Crippen molar-refractivity contribution in [2.75, 3.05) is 20.2 Å². The number of aliphatic hydroxyl groups excluding tert-OH is 1. The van der Waals surface area contributed by atoms with Crippen LogP contribution in [0.2, 0.25) is 0 Å². The molecule has 21 heavy (non-hydrogen) atoms. The molecule has 0 radical (unpaired) electrons. The summed E-state index contributed by atoms with van der Waals surface area (Å²) in [5.74, 6) is 0.445. The van der Waals surface area contributed by atoms with Gasteiger partial charge in [0.15, 0.2) is 0 Å². The zero-order valence-electron chi connectivity index (χ0n) is 13.7. The number of nitrogens with one attached hydrogen (secondary N) is 1. The maximum absolute atomic E-state index is 12.3. The number of carbonyl (C=O) groups excluding carboxylic acids is 1. The van der Waals surface area contributed by atoms with Gasteiger partial charge in [-0.2, -0.15) is 0 Å². The van der Waals surface area contributed by atoms with Crippen LogP contribution in [0.25, 0.3) is 0 Å². The lowest BCUT2D eigenvalue weighted by Crippen LogP contribution is -2.49. The van der Waals surface area contributed by atoms with E-state index >= 15 is 0 Å². The highest BCUT2D eigenvalue weighted by atomic mass is 16.3. The van der Waals surface area contributed by atoms with Crippen LogP contribution >= 0.6 is 0 Å². The Morgan fingerprint density at radius 3 is 2.43 bits per heavy atom. The van der Waals surface area contributed by atoms with Gasteiger partial charge in [0.1, 0.15) is 0 Å². The van der Waals surface area contributed by atoms with Gasteiger partial charge in [-0.05, 0) is 56.3 Å². The van der Waals surface area contributed by atoms with E-state index in [1.807, 2.05) is 11.9 Å². The van der Waals surface area contributed by atoms with Crippen molar-refractivity contribution in [1.82, 2.24) is 10.2 Å². The second-order valence-corrected chi connectivity index (χ2v) is 7.23. The number of urea groups is 1. The molecule has 0 aromatic rings. The third-order valence-electron chi connectivity index (χ3n) is 5.75. The highest BCUT2D eigenvalue weighted by Crippen LogP contribution is 2.44. The van der Waals surface area contributed by atoms with Crippen molar-refractivity contribution in [2.45, 2.75) is 70.8 Å². The van der Waals surface area contributed by atoms with Gasteiger partial charge in [0, 0.05) is 26.2 Å². The molecule has 122 valence electrons. The summed E-state index contributed by atoms with van der Waals surface area (Å²) in [6, 6.07) is 0.432. The number of aliphatic hydroxyl groups is 1. The van der Waals surface area contributed by atoms with Gasteiger partial charge in [-0.3, -0.25) is 0 Å². The van der Waals surface area contributed by atoms with Gasteiger partial charge in [0.25, 0.3) is 0 Å². The number of rotatable bonds is 6. The molecular weight excluding hydrogens is 264 g/mol. The molecular formula is C17H32N2O2. The fourth-order valence-electron chi connectivity index (χ4n) is 3.99. The average molecular weight is 296 g/mol. The molecule has 0 aromatic carbocycles. The molecule has 0 aromatic heterocycles. The first-order valence-electron chi connectivity index (χ1n) is 8.72. The zero-order valence-corrected chi connectivity index (χ0v) is 13.7. The molecule has 0 bridgehead atoms. The number of amides is 2. The SMILES string of the molecule is CCCC1(CNC(=O)N(C)C2CCC(CO)CC2)CCC1. The fourth-order valence-corrected chi connectivity index (χ4v) is 3.99. The normalized spacial score (nSPS) is 27.8. The smallest absolute Gasteiger partial charge is 0.317 e. The molecule has 4 nitrogen and oxygen atoms in total. The third kappa shape index (κ3) is 4.12. The van der Waals surface area contributed by atoms with E-state index in [4.69, 9.17) is 0 Å². The highest BCUT2D eigenvalue weighted by molar-refractivity contribution is 5.74. The Labute approximate surface area is 129 Å². The molecule has 4 heteroatoms. The summed E-state index contributed by atoms with van der Waals surface area (Å²) in [6.45, 7) is 3.37. The van der Waals surface area contributed by atoms with Crippen molar-refractivity contribution in [3.63, 3.8) is 0 Å². The Hall–Kier alpha value is -0.770. The molecule has 2 rings (SSSR count). The standard InChI is InChI=1S/C17H32N2O2/c1-3-9-17(10-4-11-17)13-18-16(21)19(2)15-7-5-14(12-20)6-8-15/h14-15,20H,3-13H2,1-2H3,(H,18,21). The molecule has 0 heterocycles. The minimum Gasteiger partial charge on any atom is -0.396 e. The predicted octanol–water partition coefficient (Wildman–Crippen LogP) is 3.15. The summed E-state index contributed by atoms with van der Waals surface area (Å²) in [4.78, 5) is 14.2. The van der Waals surface area contributed by atoms with Crippen molar-refractivity contribution in [2.24, 2.45) is 11.3 Å². The quantitative estimate of drug-likeness (QED) is 0.791. The molecule has 0 atom stereocenters. The number of hydrogen-bond acceptors (Lipinski definition) is 2. The average Bonchev–Trinajstić information content (AvgIpc) is 2.48. The molecule has 2 saturated carbocycles. The van der Waals surface area contributed by atoms with E-state index < -0.39 is 0 Å². The fraction of sp³-hybridized carbons (Fsp3) is 0.941. The first-order chi connectivity index (χ1) is 10.1. The molecule has 2 aliphatic carbocycles. The second-order valence-electron chi connectivity index (χ2n) is 7.23. The Bertz CT molecular complexity index is 334. The van der Waals surface area contributed by atoms with Crippen LogP contribution in [0.3, 0.4) is 0 Å². The minimum absolute atomic E-state index is 0.0878. The first kappa shape index (κ1) is 16.6. The molecule has 0 spiro atoms. The molecule has 2 fully saturated rings. The van der Waals surface area contributed by atoms with Crippen LogP contribution < -0.4 is 5.32 Å². The summed E-state index contributed by atoms with van der Waals surface area (Å²) in [5.41, 5.74) is 0.389. The van der Waals surface area contributed by atoms with Crippen LogP contribution in [0.4, 0.5) is 4.79 Å². The van der Waals surface area contributed by atoms with Crippen molar-refractivity contribution >= 4 is 6.03 Å². The van der Waals surface area contributed by atoms with E-state index in [1.165, 1.54) is 32.1 Å². The molecule has 2 N–H and O–H groups in total. The lowest BCUT2D eigenvalue weighted by molar-refractivity contribution is 0.106. The van der Waals surface area contributed by atoms with Crippen LogP contribution in [0.15, 0.2) is 0 Å². The van der Waals surface area contributed by atoms with E-state index in [0.29, 0.717) is 24.0 Å². The summed E-state index contributed by atoms with van der Waals surface area (Å²) >= 11 is 0. The van der Waals surface area contributed by atoms with Gasteiger partial charge < -0.3 is 15.3 Å². The van der Waals surface area contributed by atoms with E-state index in [2.05, 4.69) is 12.2 Å². The lowest BCUT2D eigenvalue weighted by Gasteiger charge is -2.43. The molecule has 0 saturated heterocycles. The molecule has 0 aliphatic heterocycles. The number of nitrogens with zero attached hydrogens (tertiary/aromatic N) is 1. The van der Waals surface area contributed by atoms with Gasteiger partial charge >= 0.3 is 6.03 Å². The summed E-state index contributed by atoms with van der Waals surface area (Å²) < 4.78 is 0. The monoisotopic (exact) mass is 296 g/mol. The topological polar surface area (TPSA) is 52.6 Å². The Morgan fingerprint density at radius 2 is 1.95 bits per heavy atom. The zero-order chi connectivity index (χ0) is 15.3. The van der Waals surface area contributed by atoms with E-state index in [9.17, 15) is 9.90 Å². The van der Waals surface area contributed by atoms with Crippen LogP contribution in [0.5, 0.6) is 0 Å². The summed E-state index contributed by atoms with van der Waals surface area (Å²) in [6.07, 6.45) is 10.4. The van der Waals surface area contributed by atoms with Gasteiger partial charge in [-0.1, -0.05) is 19.8 Å². The highest BCUT2D eigenvalue weighted by Gasteiger charge is 2.36. The van der Waals surface area contributed by atoms with Crippen molar-refractivity contribution < 1.29 is 9.90 Å². The second kappa shape index (κ2) is 7.48. The predicted molar refractivity (Wildman–Crippen MR) is 85.2 cm³/mol. The van der Waals surface area contributed by atoms with Crippen LogP contribution in [0, 0.1) is 11.3 Å². The van der Waals surface area contributed by atoms with Crippen molar-refractivity contribution in [3.05, 3.63) is 0 Å². The van der Waals surface area contributed by atoms with Crippen LogP contribution in [0.1, 0.15) is 64.7 Å². The van der Waals surface area contributed by atoms with Crippen LogP contribution in [-0.4, -0.2) is 42.3 Å². The largest absolute Gasteiger partial charge is 0.396 e. The summed E-state index contributed by atoms with van der Waals surface area (Å²) in [7, 11) is 1.92. The summed E-state index contributed by atoms with van der Waals surface area (Å²) in [5, 5.41) is 12.4. The maximum Gasteiger partial charge on any atom is 0.317 e. The van der Waals surface area contributed by atoms with Crippen molar-refractivity contribution in [1.29, 1.82) is 0 Å².